The molecule has 22 heavy (non-hydrogen) atoms. The highest BCUT2D eigenvalue weighted by atomic mass is 32.2. The molecule has 0 aliphatic rings. The number of nitrogen functional groups attached to an aromatic ring is 1. The number of H-pyrrole nitrogens is 1. The van der Waals surface area contributed by atoms with Crippen molar-refractivity contribution in [1.82, 2.24) is 15.0 Å². The summed E-state index contributed by atoms with van der Waals surface area (Å²) < 4.78 is 38.0. The van der Waals surface area contributed by atoms with E-state index in [0.29, 0.717) is 22.2 Å². The molecule has 4 nitrogen and oxygen atoms in total. The maximum atomic E-state index is 12.7. The predicted octanol–water partition coefficient (Wildman–Crippen LogP) is 3.85. The highest BCUT2D eigenvalue weighted by Gasteiger charge is 2.30. The second kappa shape index (κ2) is 5.53. The SMILES string of the molecule is Nc1cccc(CSc2nc3cc(C(F)(F)F)ccc3[nH]2)n1. The third-order valence-electron chi connectivity index (χ3n) is 2.97. The number of anilines is 1. The Labute approximate surface area is 128 Å². The van der Waals surface area contributed by atoms with Gasteiger partial charge in [-0.3, -0.25) is 0 Å². The van der Waals surface area contributed by atoms with Crippen LogP contribution in [-0.2, 0) is 11.9 Å². The summed E-state index contributed by atoms with van der Waals surface area (Å²) in [5.41, 5.74) is 6.52. The average Bonchev–Trinajstić information content (AvgIpc) is 2.86. The number of hydrogen-bond acceptors (Lipinski definition) is 4. The molecule has 0 bridgehead atoms. The molecular formula is C14H11F3N4S. The van der Waals surface area contributed by atoms with Gasteiger partial charge in [0.2, 0.25) is 0 Å². The van der Waals surface area contributed by atoms with Crippen molar-refractivity contribution in [3.05, 3.63) is 47.7 Å². The molecule has 1 aromatic carbocycles. The van der Waals surface area contributed by atoms with Crippen molar-refractivity contribution in [2.45, 2.75) is 17.1 Å². The molecular weight excluding hydrogens is 313 g/mol. The number of nitrogens with two attached hydrogens (primary N) is 1. The molecule has 0 fully saturated rings. The Bertz CT molecular complexity index is 813. The van der Waals surface area contributed by atoms with Crippen LogP contribution in [0, 0.1) is 0 Å². The Hall–Kier alpha value is -2.22. The number of rotatable bonds is 3. The van der Waals surface area contributed by atoms with Crippen molar-refractivity contribution in [3.63, 3.8) is 0 Å². The van der Waals surface area contributed by atoms with Gasteiger partial charge >= 0.3 is 6.18 Å². The smallest absolute Gasteiger partial charge is 0.384 e. The summed E-state index contributed by atoms with van der Waals surface area (Å²) in [6, 6.07) is 8.77. The lowest BCUT2D eigenvalue weighted by Crippen LogP contribution is -2.04. The minimum Gasteiger partial charge on any atom is -0.384 e. The lowest BCUT2D eigenvalue weighted by atomic mass is 10.2. The molecule has 8 heteroatoms. The number of aromatic amines is 1. The number of fused-ring (bicyclic) bond motifs is 1. The zero-order chi connectivity index (χ0) is 15.7. The number of hydrogen-bond donors (Lipinski definition) is 2. The molecule has 0 spiro atoms. The second-order valence-electron chi connectivity index (χ2n) is 4.61. The summed E-state index contributed by atoms with van der Waals surface area (Å²) in [7, 11) is 0. The standard InChI is InChI=1S/C14H11F3N4S/c15-14(16,17)8-4-5-10-11(6-8)21-13(20-10)22-7-9-2-1-3-12(18)19-9/h1-6H,7H2,(H2,18,19)(H,20,21). The van der Waals surface area contributed by atoms with E-state index in [2.05, 4.69) is 15.0 Å². The largest absolute Gasteiger partial charge is 0.416 e. The molecule has 3 aromatic rings. The van der Waals surface area contributed by atoms with E-state index >= 15 is 0 Å². The Morgan fingerprint density at radius 2 is 1.95 bits per heavy atom. The van der Waals surface area contributed by atoms with Crippen molar-refractivity contribution in [2.75, 3.05) is 5.73 Å². The third kappa shape index (κ3) is 3.16. The fraction of sp³-hybridized carbons (Fsp3) is 0.143. The van der Waals surface area contributed by atoms with E-state index in [9.17, 15) is 13.2 Å². The van der Waals surface area contributed by atoms with Crippen LogP contribution in [0.4, 0.5) is 19.0 Å². The van der Waals surface area contributed by atoms with E-state index in [0.717, 1.165) is 17.8 Å². The molecule has 0 amide bonds. The van der Waals surface area contributed by atoms with Crippen LogP contribution < -0.4 is 5.73 Å². The number of benzene rings is 1. The minimum atomic E-state index is -4.37. The fourth-order valence-corrected chi connectivity index (χ4v) is 2.74. The van der Waals surface area contributed by atoms with Gasteiger partial charge in [-0.2, -0.15) is 13.2 Å². The maximum absolute atomic E-state index is 12.7. The summed E-state index contributed by atoms with van der Waals surface area (Å²) >= 11 is 1.36. The number of aromatic nitrogens is 3. The zero-order valence-electron chi connectivity index (χ0n) is 11.2. The van der Waals surface area contributed by atoms with Crippen LogP contribution >= 0.6 is 11.8 Å². The Morgan fingerprint density at radius 3 is 2.68 bits per heavy atom. The van der Waals surface area contributed by atoms with Crippen LogP contribution in [0.5, 0.6) is 0 Å². The van der Waals surface area contributed by atoms with Gasteiger partial charge in [0.25, 0.3) is 0 Å². The molecule has 0 unspecified atom stereocenters. The number of pyridine rings is 1. The highest BCUT2D eigenvalue weighted by molar-refractivity contribution is 7.98. The lowest BCUT2D eigenvalue weighted by Gasteiger charge is -2.04. The average molecular weight is 324 g/mol. The Balaban J connectivity index is 1.80. The molecule has 0 atom stereocenters. The number of thioether (sulfide) groups is 1. The molecule has 3 rings (SSSR count). The van der Waals surface area contributed by atoms with Gasteiger partial charge in [-0.05, 0) is 30.3 Å². The van der Waals surface area contributed by atoms with Crippen LogP contribution in [0.3, 0.4) is 0 Å². The third-order valence-corrected chi connectivity index (χ3v) is 3.88. The number of nitrogens with zero attached hydrogens (tertiary/aromatic N) is 2. The molecule has 2 heterocycles. The molecule has 0 saturated carbocycles. The van der Waals surface area contributed by atoms with Gasteiger partial charge in [0.05, 0.1) is 22.3 Å². The van der Waals surface area contributed by atoms with Crippen molar-refractivity contribution >= 4 is 28.6 Å². The van der Waals surface area contributed by atoms with Gasteiger partial charge in [-0.15, -0.1) is 0 Å². The van der Waals surface area contributed by atoms with Crippen LogP contribution in [-0.4, -0.2) is 15.0 Å². The van der Waals surface area contributed by atoms with Crippen LogP contribution in [0.1, 0.15) is 11.3 Å². The quantitative estimate of drug-likeness (QED) is 0.718. The molecule has 0 saturated heterocycles. The van der Waals surface area contributed by atoms with E-state index in [1.807, 2.05) is 6.07 Å². The van der Waals surface area contributed by atoms with E-state index < -0.39 is 11.7 Å². The molecule has 3 N–H and O–H groups in total. The molecule has 114 valence electrons. The first-order valence-corrected chi connectivity index (χ1v) is 7.31. The molecule has 0 radical (unpaired) electrons. The predicted molar refractivity (Wildman–Crippen MR) is 79.3 cm³/mol. The van der Waals surface area contributed by atoms with Gasteiger partial charge in [-0.1, -0.05) is 17.8 Å². The summed E-state index contributed by atoms with van der Waals surface area (Å²) in [5, 5.41) is 0.540. The normalized spacial score (nSPS) is 12.0. The lowest BCUT2D eigenvalue weighted by molar-refractivity contribution is -0.137. The number of imidazole rings is 1. The second-order valence-corrected chi connectivity index (χ2v) is 5.58. The minimum absolute atomic E-state index is 0.290. The topological polar surface area (TPSA) is 67.6 Å². The number of nitrogens with one attached hydrogen (secondary N) is 1. The highest BCUT2D eigenvalue weighted by Crippen LogP contribution is 2.31. The van der Waals surface area contributed by atoms with E-state index in [4.69, 9.17) is 5.73 Å². The summed E-state index contributed by atoms with van der Waals surface area (Å²) in [6.07, 6.45) is -4.37. The van der Waals surface area contributed by atoms with Crippen molar-refractivity contribution in [3.8, 4) is 0 Å². The summed E-state index contributed by atoms with van der Waals surface area (Å²) in [6.45, 7) is 0. The monoisotopic (exact) mass is 324 g/mol. The zero-order valence-corrected chi connectivity index (χ0v) is 12.0. The molecule has 2 aromatic heterocycles. The van der Waals surface area contributed by atoms with Crippen LogP contribution in [0.2, 0.25) is 0 Å². The van der Waals surface area contributed by atoms with Gasteiger partial charge in [0, 0.05) is 5.75 Å². The summed E-state index contributed by atoms with van der Waals surface area (Å²) in [5.74, 6) is 0.953. The van der Waals surface area contributed by atoms with Gasteiger partial charge in [-0.25, -0.2) is 9.97 Å². The van der Waals surface area contributed by atoms with E-state index in [1.54, 1.807) is 12.1 Å². The van der Waals surface area contributed by atoms with Gasteiger partial charge < -0.3 is 10.7 Å². The summed E-state index contributed by atoms with van der Waals surface area (Å²) in [4.78, 5) is 11.3. The van der Waals surface area contributed by atoms with Crippen LogP contribution in [0.25, 0.3) is 11.0 Å². The van der Waals surface area contributed by atoms with Crippen LogP contribution in [0.15, 0.2) is 41.6 Å². The van der Waals surface area contributed by atoms with Crippen molar-refractivity contribution in [2.24, 2.45) is 0 Å². The van der Waals surface area contributed by atoms with Gasteiger partial charge in [0.15, 0.2) is 5.16 Å². The van der Waals surface area contributed by atoms with E-state index in [-0.39, 0.29) is 5.52 Å². The molecule has 0 aliphatic heterocycles. The van der Waals surface area contributed by atoms with Crippen molar-refractivity contribution in [1.29, 1.82) is 0 Å². The van der Waals surface area contributed by atoms with E-state index in [1.165, 1.54) is 17.8 Å². The van der Waals surface area contributed by atoms with Crippen molar-refractivity contribution < 1.29 is 13.2 Å². The molecule has 0 aliphatic carbocycles. The van der Waals surface area contributed by atoms with Gasteiger partial charge in [0.1, 0.15) is 5.82 Å². The Morgan fingerprint density at radius 1 is 1.14 bits per heavy atom. The first-order valence-electron chi connectivity index (χ1n) is 6.33. The maximum Gasteiger partial charge on any atom is 0.416 e. The first-order chi connectivity index (χ1) is 10.4. The number of alkyl halides is 3. The number of halogens is 3. The fourth-order valence-electron chi connectivity index (χ4n) is 1.95. The first kappa shape index (κ1) is 14.7. The Kier molecular flexibility index (Phi) is 3.69.